The molecule has 0 bridgehead atoms. The van der Waals surface area contributed by atoms with E-state index in [4.69, 9.17) is 5.11 Å². The molecule has 5 heteroatoms. The van der Waals surface area contributed by atoms with Crippen molar-refractivity contribution in [3.63, 3.8) is 0 Å². The largest absolute Gasteiger partial charge is 0.481 e. The van der Waals surface area contributed by atoms with Gasteiger partial charge in [-0.1, -0.05) is 33.1 Å². The number of nitrogens with one attached hydrogen (secondary N) is 1. The van der Waals surface area contributed by atoms with Crippen molar-refractivity contribution in [3.05, 3.63) is 0 Å². The number of aliphatic carboxylic acids is 1. The summed E-state index contributed by atoms with van der Waals surface area (Å²) in [6.45, 7) is 7.80. The quantitative estimate of drug-likeness (QED) is 0.541. The molecular weight excluding hydrogens is 268 g/mol. The Hall–Kier alpha value is -1.26. The number of amides is 2. The highest BCUT2D eigenvalue weighted by Crippen LogP contribution is 2.07. The maximum absolute atomic E-state index is 12.2. The van der Waals surface area contributed by atoms with Gasteiger partial charge in [0, 0.05) is 25.6 Å². The highest BCUT2D eigenvalue weighted by atomic mass is 16.4. The minimum atomic E-state index is -0.733. The van der Waals surface area contributed by atoms with Crippen LogP contribution < -0.4 is 5.32 Å². The molecule has 0 aliphatic heterocycles. The highest BCUT2D eigenvalue weighted by molar-refractivity contribution is 5.74. The van der Waals surface area contributed by atoms with Crippen LogP contribution in [-0.2, 0) is 4.79 Å². The minimum absolute atomic E-state index is 0.0309. The summed E-state index contributed by atoms with van der Waals surface area (Å²) in [5.74, 6) is -0.733. The van der Waals surface area contributed by atoms with Gasteiger partial charge in [0.1, 0.15) is 0 Å². The van der Waals surface area contributed by atoms with Crippen LogP contribution in [0.2, 0.25) is 0 Å². The van der Waals surface area contributed by atoms with Crippen LogP contribution in [0.4, 0.5) is 4.79 Å². The molecule has 5 nitrogen and oxygen atoms in total. The van der Waals surface area contributed by atoms with Crippen LogP contribution in [0.1, 0.15) is 72.1 Å². The van der Waals surface area contributed by atoms with Crippen LogP contribution in [-0.4, -0.2) is 41.1 Å². The summed E-state index contributed by atoms with van der Waals surface area (Å²) in [7, 11) is 0. The predicted octanol–water partition coefficient (Wildman–Crippen LogP) is 3.63. The lowest BCUT2D eigenvalue weighted by atomic mass is 10.1. The lowest BCUT2D eigenvalue weighted by Gasteiger charge is -2.28. The lowest BCUT2D eigenvalue weighted by molar-refractivity contribution is -0.137. The Kier molecular flexibility index (Phi) is 11.7. The van der Waals surface area contributed by atoms with Crippen LogP contribution >= 0.6 is 0 Å². The Morgan fingerprint density at radius 2 is 1.76 bits per heavy atom. The van der Waals surface area contributed by atoms with E-state index in [1.165, 1.54) is 0 Å². The Labute approximate surface area is 129 Å². The van der Waals surface area contributed by atoms with E-state index >= 15 is 0 Å². The fourth-order valence-electron chi connectivity index (χ4n) is 2.12. The van der Waals surface area contributed by atoms with Crippen molar-refractivity contribution >= 4 is 12.0 Å². The van der Waals surface area contributed by atoms with Crippen LogP contribution in [0, 0.1) is 0 Å². The number of unbranched alkanes of at least 4 members (excludes halogenated alkanes) is 4. The minimum Gasteiger partial charge on any atom is -0.481 e. The number of nitrogens with zero attached hydrogens (tertiary/aromatic N) is 1. The van der Waals surface area contributed by atoms with Crippen molar-refractivity contribution in [1.29, 1.82) is 0 Å². The third-order valence-electron chi connectivity index (χ3n) is 3.73. The summed E-state index contributed by atoms with van der Waals surface area (Å²) in [6.07, 6.45) is 6.83. The van der Waals surface area contributed by atoms with Gasteiger partial charge in [0.15, 0.2) is 0 Å². The van der Waals surface area contributed by atoms with Gasteiger partial charge < -0.3 is 15.3 Å². The number of carbonyl (C=O) groups excluding carboxylic acids is 1. The van der Waals surface area contributed by atoms with E-state index in [1.807, 2.05) is 4.90 Å². The van der Waals surface area contributed by atoms with E-state index in [1.54, 1.807) is 0 Å². The van der Waals surface area contributed by atoms with Crippen molar-refractivity contribution in [3.8, 4) is 0 Å². The molecule has 2 N–H and O–H groups in total. The molecule has 0 aliphatic carbocycles. The van der Waals surface area contributed by atoms with Gasteiger partial charge in [0.05, 0.1) is 0 Å². The molecule has 1 unspecified atom stereocenters. The summed E-state index contributed by atoms with van der Waals surface area (Å²) < 4.78 is 0. The Balaban J connectivity index is 3.84. The monoisotopic (exact) mass is 300 g/mol. The van der Waals surface area contributed by atoms with Crippen LogP contribution in [0.25, 0.3) is 0 Å². The van der Waals surface area contributed by atoms with Gasteiger partial charge in [0.2, 0.25) is 0 Å². The Morgan fingerprint density at radius 3 is 2.33 bits per heavy atom. The molecule has 0 spiro atoms. The molecule has 0 aliphatic rings. The molecule has 21 heavy (non-hydrogen) atoms. The maximum atomic E-state index is 12.2. The van der Waals surface area contributed by atoms with E-state index < -0.39 is 5.97 Å². The number of hydrogen-bond donors (Lipinski definition) is 2. The first-order chi connectivity index (χ1) is 10.0. The van der Waals surface area contributed by atoms with Crippen LogP contribution in [0.5, 0.6) is 0 Å². The normalized spacial score (nSPS) is 12.0. The zero-order valence-electron chi connectivity index (χ0n) is 13.9. The number of hydrogen-bond acceptors (Lipinski definition) is 2. The van der Waals surface area contributed by atoms with Gasteiger partial charge in [-0.3, -0.25) is 4.79 Å². The predicted molar refractivity (Wildman–Crippen MR) is 85.5 cm³/mol. The van der Waals surface area contributed by atoms with E-state index in [-0.39, 0.29) is 18.5 Å². The molecule has 0 heterocycles. The van der Waals surface area contributed by atoms with Crippen molar-refractivity contribution in [2.45, 2.75) is 78.2 Å². The van der Waals surface area contributed by atoms with Gasteiger partial charge in [-0.25, -0.2) is 4.79 Å². The summed E-state index contributed by atoms with van der Waals surface area (Å²) in [5.41, 5.74) is 0. The zero-order valence-corrected chi connectivity index (χ0v) is 13.9. The number of carboxylic acids is 1. The fraction of sp³-hybridized carbons (Fsp3) is 0.875. The first kappa shape index (κ1) is 19.7. The fourth-order valence-corrected chi connectivity index (χ4v) is 2.12. The van der Waals surface area contributed by atoms with Crippen LogP contribution in [0.3, 0.4) is 0 Å². The van der Waals surface area contributed by atoms with Crippen molar-refractivity contribution in [1.82, 2.24) is 10.2 Å². The molecule has 0 aromatic rings. The molecule has 0 radical (unpaired) electrons. The summed E-state index contributed by atoms with van der Waals surface area (Å²) in [6, 6.07) is 0.301. The van der Waals surface area contributed by atoms with Gasteiger partial charge in [-0.15, -0.1) is 0 Å². The van der Waals surface area contributed by atoms with Crippen molar-refractivity contribution in [2.75, 3.05) is 13.1 Å². The Morgan fingerprint density at radius 1 is 1.10 bits per heavy atom. The average molecular weight is 300 g/mol. The topological polar surface area (TPSA) is 69.6 Å². The third-order valence-corrected chi connectivity index (χ3v) is 3.73. The molecule has 0 fully saturated rings. The second-order valence-electron chi connectivity index (χ2n) is 5.59. The second kappa shape index (κ2) is 12.5. The molecule has 0 saturated heterocycles. The molecule has 0 aromatic carbocycles. The summed E-state index contributed by atoms with van der Waals surface area (Å²) in [5, 5.41) is 11.5. The van der Waals surface area contributed by atoms with Gasteiger partial charge in [-0.05, 0) is 32.6 Å². The first-order valence-electron chi connectivity index (χ1n) is 8.29. The van der Waals surface area contributed by atoms with Gasteiger partial charge in [0.25, 0.3) is 0 Å². The van der Waals surface area contributed by atoms with E-state index in [9.17, 15) is 9.59 Å². The molecule has 0 saturated carbocycles. The van der Waals surface area contributed by atoms with E-state index in [0.717, 1.165) is 51.5 Å². The molecule has 0 aromatic heterocycles. The average Bonchev–Trinajstić information content (AvgIpc) is 2.45. The SMILES string of the molecule is CCCCN(C(=O)NCCCCCCC(=O)O)C(C)CC. The van der Waals surface area contributed by atoms with Crippen molar-refractivity contribution in [2.24, 2.45) is 0 Å². The van der Waals surface area contributed by atoms with Gasteiger partial charge >= 0.3 is 12.0 Å². The number of carboxylic acid groups (broad SMARTS) is 1. The number of rotatable bonds is 12. The molecule has 2 amide bonds. The van der Waals surface area contributed by atoms with E-state index in [2.05, 4.69) is 26.1 Å². The molecule has 1 atom stereocenters. The first-order valence-corrected chi connectivity index (χ1v) is 8.29. The van der Waals surface area contributed by atoms with Crippen LogP contribution in [0.15, 0.2) is 0 Å². The zero-order chi connectivity index (χ0) is 16.1. The van der Waals surface area contributed by atoms with Crippen molar-refractivity contribution < 1.29 is 14.7 Å². The highest BCUT2D eigenvalue weighted by Gasteiger charge is 2.17. The lowest BCUT2D eigenvalue weighted by Crippen LogP contribution is -2.45. The third kappa shape index (κ3) is 10.2. The molecule has 124 valence electrons. The second-order valence-corrected chi connectivity index (χ2v) is 5.59. The summed E-state index contributed by atoms with van der Waals surface area (Å²) >= 11 is 0. The standard InChI is InChI=1S/C16H32N2O3/c1-4-6-13-18(14(3)5-2)16(21)17-12-10-8-7-9-11-15(19)20/h14H,4-13H2,1-3H3,(H,17,21)(H,19,20). The smallest absolute Gasteiger partial charge is 0.317 e. The molecular formula is C16H32N2O3. The van der Waals surface area contributed by atoms with E-state index in [0.29, 0.717) is 6.54 Å². The number of carbonyl (C=O) groups is 2. The Bertz CT molecular complexity index is 295. The summed E-state index contributed by atoms with van der Waals surface area (Å²) in [4.78, 5) is 24.5. The number of urea groups is 1. The molecule has 0 rings (SSSR count). The maximum Gasteiger partial charge on any atom is 0.317 e. The van der Waals surface area contributed by atoms with Gasteiger partial charge in [-0.2, -0.15) is 0 Å².